The van der Waals surface area contributed by atoms with Gasteiger partial charge in [-0.15, -0.1) is 0 Å². The summed E-state index contributed by atoms with van der Waals surface area (Å²) < 4.78 is 10.4. The number of aryl methyl sites for hydroxylation is 2. The molecule has 2 rings (SSSR count). The lowest BCUT2D eigenvalue weighted by Gasteiger charge is -2.17. The summed E-state index contributed by atoms with van der Waals surface area (Å²) in [5.41, 5.74) is 1.49. The van der Waals surface area contributed by atoms with Crippen molar-refractivity contribution in [3.05, 3.63) is 41.0 Å². The highest BCUT2D eigenvalue weighted by Gasteiger charge is 2.22. The van der Waals surface area contributed by atoms with Gasteiger partial charge in [0, 0.05) is 5.56 Å². The maximum atomic E-state index is 12.5. The first-order valence-electron chi connectivity index (χ1n) is 7.66. The molecule has 2 aromatic rings. The molecular formula is C17H23N3O3. The number of hydrogen-bond donors (Lipinski definition) is 1. The molecule has 1 amide bonds. The van der Waals surface area contributed by atoms with Crippen LogP contribution in [0.15, 0.2) is 22.7 Å². The summed E-state index contributed by atoms with van der Waals surface area (Å²) in [6.45, 7) is 7.83. The first-order valence-corrected chi connectivity index (χ1v) is 7.66. The molecule has 0 spiro atoms. The molecule has 0 radical (unpaired) electrons. The van der Waals surface area contributed by atoms with Gasteiger partial charge in [0.25, 0.3) is 5.91 Å². The molecule has 124 valence electrons. The van der Waals surface area contributed by atoms with E-state index in [0.717, 1.165) is 17.7 Å². The second-order valence-electron chi connectivity index (χ2n) is 6.02. The quantitative estimate of drug-likeness (QED) is 0.885. The monoisotopic (exact) mass is 317 g/mol. The Labute approximate surface area is 136 Å². The molecule has 0 aliphatic rings. The lowest BCUT2D eigenvalue weighted by molar-refractivity contribution is 0.0922. The molecule has 23 heavy (non-hydrogen) atoms. The molecule has 0 aliphatic heterocycles. The maximum Gasteiger partial charge on any atom is 0.251 e. The van der Waals surface area contributed by atoms with Gasteiger partial charge in [-0.3, -0.25) is 4.79 Å². The fourth-order valence-corrected chi connectivity index (χ4v) is 2.41. The predicted molar refractivity (Wildman–Crippen MR) is 86.4 cm³/mol. The van der Waals surface area contributed by atoms with Crippen molar-refractivity contribution in [3.63, 3.8) is 0 Å². The number of carbonyl (C=O) groups excluding carboxylic acids is 1. The van der Waals surface area contributed by atoms with Gasteiger partial charge in [0.05, 0.1) is 7.11 Å². The average molecular weight is 317 g/mol. The third-order valence-electron chi connectivity index (χ3n) is 3.51. The zero-order valence-corrected chi connectivity index (χ0v) is 14.2. The zero-order valence-electron chi connectivity index (χ0n) is 14.2. The van der Waals surface area contributed by atoms with Crippen molar-refractivity contribution in [1.29, 1.82) is 0 Å². The Bertz CT molecular complexity index is 679. The maximum absolute atomic E-state index is 12.5. The molecule has 0 fully saturated rings. The van der Waals surface area contributed by atoms with Crippen LogP contribution in [0.25, 0.3) is 0 Å². The van der Waals surface area contributed by atoms with Crippen molar-refractivity contribution in [1.82, 2.24) is 15.5 Å². The van der Waals surface area contributed by atoms with E-state index in [0.29, 0.717) is 23.2 Å². The first-order chi connectivity index (χ1) is 10.9. The van der Waals surface area contributed by atoms with Crippen molar-refractivity contribution in [2.75, 3.05) is 7.11 Å². The highest BCUT2D eigenvalue weighted by molar-refractivity contribution is 5.94. The molecule has 1 heterocycles. The number of hydrogen-bond acceptors (Lipinski definition) is 5. The van der Waals surface area contributed by atoms with E-state index >= 15 is 0 Å². The summed E-state index contributed by atoms with van der Waals surface area (Å²) in [5.74, 6) is 1.97. The van der Waals surface area contributed by atoms with Crippen LogP contribution in [0, 0.1) is 19.8 Å². The Kier molecular flexibility index (Phi) is 5.36. The summed E-state index contributed by atoms with van der Waals surface area (Å²) in [4.78, 5) is 16.8. The van der Waals surface area contributed by atoms with E-state index in [1.54, 1.807) is 32.2 Å². The molecule has 0 saturated carbocycles. The number of rotatable bonds is 6. The van der Waals surface area contributed by atoms with Crippen molar-refractivity contribution in [2.24, 2.45) is 5.92 Å². The van der Waals surface area contributed by atoms with E-state index in [4.69, 9.17) is 9.26 Å². The summed E-state index contributed by atoms with van der Waals surface area (Å²) in [6.07, 6.45) is 0.725. The largest absolute Gasteiger partial charge is 0.496 e. The molecule has 0 aliphatic carbocycles. The van der Waals surface area contributed by atoms with Gasteiger partial charge in [0.2, 0.25) is 5.89 Å². The second kappa shape index (κ2) is 7.26. The van der Waals surface area contributed by atoms with Crippen LogP contribution in [0.3, 0.4) is 0 Å². The van der Waals surface area contributed by atoms with Crippen LogP contribution < -0.4 is 10.1 Å². The minimum absolute atomic E-state index is 0.169. The SMILES string of the molecule is COc1ccc(C(=O)NC(CC(C)C)c2nc(C)no2)cc1C. The van der Waals surface area contributed by atoms with Crippen LogP contribution in [0.4, 0.5) is 0 Å². The summed E-state index contributed by atoms with van der Waals surface area (Å²) in [5, 5.41) is 6.79. The minimum atomic E-state index is -0.300. The normalized spacial score (nSPS) is 12.3. The number of methoxy groups -OCH3 is 1. The van der Waals surface area contributed by atoms with Gasteiger partial charge in [-0.1, -0.05) is 19.0 Å². The Morgan fingerprint density at radius 3 is 2.61 bits per heavy atom. The third kappa shape index (κ3) is 4.31. The molecule has 1 atom stereocenters. The number of ether oxygens (including phenoxy) is 1. The molecule has 1 N–H and O–H groups in total. The van der Waals surface area contributed by atoms with Crippen LogP contribution in [0.5, 0.6) is 5.75 Å². The minimum Gasteiger partial charge on any atom is -0.496 e. The number of nitrogens with zero attached hydrogens (tertiary/aromatic N) is 2. The summed E-state index contributed by atoms with van der Waals surface area (Å²) >= 11 is 0. The Balaban J connectivity index is 2.18. The number of carbonyl (C=O) groups is 1. The van der Waals surface area contributed by atoms with E-state index < -0.39 is 0 Å². The van der Waals surface area contributed by atoms with E-state index in [-0.39, 0.29) is 11.9 Å². The van der Waals surface area contributed by atoms with Crippen LogP contribution in [0.1, 0.15) is 53.9 Å². The molecule has 6 heteroatoms. The molecule has 0 saturated heterocycles. The molecule has 1 aromatic carbocycles. The van der Waals surface area contributed by atoms with E-state index in [1.807, 2.05) is 6.92 Å². The fourth-order valence-electron chi connectivity index (χ4n) is 2.41. The summed E-state index contributed by atoms with van der Waals surface area (Å²) in [7, 11) is 1.61. The van der Waals surface area contributed by atoms with E-state index in [1.165, 1.54) is 0 Å². The topological polar surface area (TPSA) is 77.2 Å². The van der Waals surface area contributed by atoms with Gasteiger partial charge >= 0.3 is 0 Å². The second-order valence-corrected chi connectivity index (χ2v) is 6.02. The molecule has 1 aromatic heterocycles. The van der Waals surface area contributed by atoms with Gasteiger partial charge in [0.1, 0.15) is 11.8 Å². The Morgan fingerprint density at radius 1 is 1.35 bits per heavy atom. The van der Waals surface area contributed by atoms with Gasteiger partial charge in [0.15, 0.2) is 5.82 Å². The molecule has 1 unspecified atom stereocenters. The summed E-state index contributed by atoms with van der Waals surface area (Å²) in [6, 6.07) is 5.04. The van der Waals surface area contributed by atoms with Crippen LogP contribution in [-0.2, 0) is 0 Å². The van der Waals surface area contributed by atoms with E-state index in [9.17, 15) is 4.79 Å². The Morgan fingerprint density at radius 2 is 2.09 bits per heavy atom. The van der Waals surface area contributed by atoms with Crippen LogP contribution in [0.2, 0.25) is 0 Å². The number of nitrogens with one attached hydrogen (secondary N) is 1. The van der Waals surface area contributed by atoms with Crippen molar-refractivity contribution >= 4 is 5.91 Å². The van der Waals surface area contributed by atoms with Crippen LogP contribution in [-0.4, -0.2) is 23.2 Å². The lowest BCUT2D eigenvalue weighted by Crippen LogP contribution is -2.29. The number of amides is 1. The first kappa shape index (κ1) is 17.0. The van der Waals surface area contributed by atoms with Crippen molar-refractivity contribution in [2.45, 2.75) is 40.2 Å². The highest BCUT2D eigenvalue weighted by Crippen LogP contribution is 2.22. The third-order valence-corrected chi connectivity index (χ3v) is 3.51. The average Bonchev–Trinajstić information content (AvgIpc) is 2.92. The molecule has 0 bridgehead atoms. The van der Waals surface area contributed by atoms with Gasteiger partial charge in [-0.05, 0) is 49.9 Å². The van der Waals surface area contributed by atoms with Gasteiger partial charge < -0.3 is 14.6 Å². The molecule has 6 nitrogen and oxygen atoms in total. The highest BCUT2D eigenvalue weighted by atomic mass is 16.5. The standard InChI is InChI=1S/C17H23N3O3/c1-10(2)8-14(17-18-12(4)20-23-17)19-16(21)13-6-7-15(22-5)11(3)9-13/h6-7,9-10,14H,8H2,1-5H3,(H,19,21). The number of benzene rings is 1. The van der Waals surface area contributed by atoms with Gasteiger partial charge in [-0.25, -0.2) is 0 Å². The van der Waals surface area contributed by atoms with Gasteiger partial charge in [-0.2, -0.15) is 4.98 Å². The Hall–Kier alpha value is -2.37. The predicted octanol–water partition coefficient (Wildman–Crippen LogP) is 3.21. The zero-order chi connectivity index (χ0) is 17.0. The fraction of sp³-hybridized carbons (Fsp3) is 0.471. The molecular weight excluding hydrogens is 294 g/mol. The van der Waals surface area contributed by atoms with Crippen LogP contribution >= 0.6 is 0 Å². The lowest BCUT2D eigenvalue weighted by atomic mass is 10.0. The van der Waals surface area contributed by atoms with E-state index in [2.05, 4.69) is 29.3 Å². The number of aromatic nitrogens is 2. The van der Waals surface area contributed by atoms with Crippen molar-refractivity contribution < 1.29 is 14.1 Å². The smallest absolute Gasteiger partial charge is 0.251 e. The van der Waals surface area contributed by atoms with Crippen molar-refractivity contribution in [3.8, 4) is 5.75 Å².